The van der Waals surface area contributed by atoms with E-state index >= 15 is 0 Å². The first-order valence-electron chi connectivity index (χ1n) is 6.25. The van der Waals surface area contributed by atoms with Gasteiger partial charge in [0.05, 0.1) is 6.61 Å². The van der Waals surface area contributed by atoms with Gasteiger partial charge in [0, 0.05) is 23.3 Å². The van der Waals surface area contributed by atoms with Gasteiger partial charge < -0.3 is 14.6 Å². The third-order valence-corrected chi connectivity index (χ3v) is 2.74. The lowest BCUT2D eigenvalue weighted by Gasteiger charge is -2.14. The summed E-state index contributed by atoms with van der Waals surface area (Å²) in [4.78, 5) is 11.5. The van der Waals surface area contributed by atoms with Crippen LogP contribution in [-0.4, -0.2) is 17.7 Å². The van der Waals surface area contributed by atoms with Crippen molar-refractivity contribution < 1.29 is 19.4 Å². The van der Waals surface area contributed by atoms with E-state index in [4.69, 9.17) is 9.47 Å². The van der Waals surface area contributed by atoms with Crippen molar-refractivity contribution in [3.63, 3.8) is 0 Å². The average Bonchev–Trinajstić information content (AvgIpc) is 2.43. The van der Waals surface area contributed by atoms with Gasteiger partial charge in [-0.25, -0.2) is 0 Å². The summed E-state index contributed by atoms with van der Waals surface area (Å²) in [6.45, 7) is 3.98. The number of aromatic hydroxyl groups is 1. The molecule has 0 aliphatic heterocycles. The molecule has 0 aromatic heterocycles. The van der Waals surface area contributed by atoms with Crippen molar-refractivity contribution in [2.75, 3.05) is 6.61 Å². The number of rotatable bonds is 4. The number of esters is 1. The summed E-state index contributed by atoms with van der Waals surface area (Å²) < 4.78 is 10.8. The van der Waals surface area contributed by atoms with Crippen LogP contribution < -0.4 is 9.47 Å². The molecule has 0 radical (unpaired) electrons. The number of carbonyl (C=O) groups excluding carboxylic acids is 1. The lowest BCUT2D eigenvalue weighted by atomic mass is 10.1. The quantitative estimate of drug-likeness (QED) is 0.677. The van der Waals surface area contributed by atoms with Crippen LogP contribution in [0.4, 0.5) is 0 Å². The molecule has 0 atom stereocenters. The van der Waals surface area contributed by atoms with Crippen LogP contribution in [0.25, 0.3) is 10.8 Å². The molecule has 0 spiro atoms. The predicted molar refractivity (Wildman–Crippen MR) is 72.7 cm³/mol. The lowest BCUT2D eigenvalue weighted by molar-refractivity contribution is -0.134. The molecule has 0 bridgehead atoms. The Morgan fingerprint density at radius 2 is 1.89 bits per heavy atom. The van der Waals surface area contributed by atoms with Crippen LogP contribution in [0.15, 0.2) is 30.3 Å². The van der Waals surface area contributed by atoms with E-state index in [1.54, 1.807) is 19.1 Å². The maximum absolute atomic E-state index is 11.5. The fourth-order valence-corrected chi connectivity index (χ4v) is 1.86. The number of phenolic OH excluding ortho intramolecular Hbond substituents is 1. The van der Waals surface area contributed by atoms with E-state index in [1.807, 2.05) is 19.1 Å². The van der Waals surface area contributed by atoms with Gasteiger partial charge in [-0.05, 0) is 6.92 Å². The third-order valence-electron chi connectivity index (χ3n) is 2.74. The van der Waals surface area contributed by atoms with Gasteiger partial charge >= 0.3 is 5.97 Å². The largest absolute Gasteiger partial charge is 0.507 e. The number of phenols is 1. The van der Waals surface area contributed by atoms with Crippen molar-refractivity contribution in [3.05, 3.63) is 30.3 Å². The number of hydrogen-bond donors (Lipinski definition) is 1. The zero-order valence-corrected chi connectivity index (χ0v) is 11.0. The van der Waals surface area contributed by atoms with Crippen LogP contribution >= 0.6 is 0 Å². The second-order valence-corrected chi connectivity index (χ2v) is 4.03. The Balaban J connectivity index is 2.64. The van der Waals surface area contributed by atoms with Gasteiger partial charge in [-0.3, -0.25) is 4.79 Å². The fraction of sp³-hybridized carbons (Fsp3) is 0.267. The molecular formula is C15H16O4. The van der Waals surface area contributed by atoms with Gasteiger partial charge in [0.25, 0.3) is 0 Å². The number of fused-ring (bicyclic) bond motifs is 1. The average molecular weight is 260 g/mol. The first-order valence-corrected chi connectivity index (χ1v) is 6.25. The molecule has 19 heavy (non-hydrogen) atoms. The number of carbonyl (C=O) groups is 1. The van der Waals surface area contributed by atoms with Crippen molar-refractivity contribution in [1.29, 1.82) is 0 Å². The Hall–Kier alpha value is -2.23. The molecule has 1 N–H and O–H groups in total. The van der Waals surface area contributed by atoms with Gasteiger partial charge in [-0.15, -0.1) is 0 Å². The highest BCUT2D eigenvalue weighted by atomic mass is 16.6. The molecule has 100 valence electrons. The molecule has 0 saturated carbocycles. The maximum Gasteiger partial charge on any atom is 0.311 e. The summed E-state index contributed by atoms with van der Waals surface area (Å²) in [6, 6.07) is 8.66. The molecular weight excluding hydrogens is 244 g/mol. The van der Waals surface area contributed by atoms with E-state index in [-0.39, 0.29) is 18.1 Å². The molecule has 4 nitrogen and oxygen atoms in total. The topological polar surface area (TPSA) is 55.8 Å². The zero-order chi connectivity index (χ0) is 13.8. The summed E-state index contributed by atoms with van der Waals surface area (Å²) >= 11 is 0. The van der Waals surface area contributed by atoms with Gasteiger partial charge in [-0.1, -0.05) is 31.2 Å². The Bertz CT molecular complexity index is 604. The highest BCUT2D eigenvalue weighted by Crippen LogP contribution is 2.41. The predicted octanol–water partition coefficient (Wildman–Crippen LogP) is 3.26. The highest BCUT2D eigenvalue weighted by molar-refractivity contribution is 5.96. The molecule has 2 aromatic rings. The molecule has 2 aromatic carbocycles. The lowest BCUT2D eigenvalue weighted by Crippen LogP contribution is -2.07. The van der Waals surface area contributed by atoms with Crippen molar-refractivity contribution in [2.24, 2.45) is 0 Å². The smallest absolute Gasteiger partial charge is 0.311 e. The van der Waals surface area contributed by atoms with E-state index in [1.165, 1.54) is 6.07 Å². The molecule has 0 aliphatic rings. The summed E-state index contributed by atoms with van der Waals surface area (Å²) in [7, 11) is 0. The van der Waals surface area contributed by atoms with E-state index in [0.29, 0.717) is 28.9 Å². The molecule has 0 unspecified atom stereocenters. The van der Waals surface area contributed by atoms with E-state index in [2.05, 4.69) is 0 Å². The molecule has 0 heterocycles. The third kappa shape index (κ3) is 2.62. The monoisotopic (exact) mass is 260 g/mol. The van der Waals surface area contributed by atoms with Crippen LogP contribution in [-0.2, 0) is 4.79 Å². The number of hydrogen-bond acceptors (Lipinski definition) is 4. The van der Waals surface area contributed by atoms with Gasteiger partial charge in [-0.2, -0.15) is 0 Å². The van der Waals surface area contributed by atoms with Crippen LogP contribution in [0, 0.1) is 0 Å². The zero-order valence-electron chi connectivity index (χ0n) is 11.0. The van der Waals surface area contributed by atoms with Crippen LogP contribution in [0.1, 0.15) is 20.3 Å². The second kappa shape index (κ2) is 5.61. The first kappa shape index (κ1) is 13.2. The maximum atomic E-state index is 11.5. The Morgan fingerprint density at radius 1 is 1.21 bits per heavy atom. The van der Waals surface area contributed by atoms with Crippen molar-refractivity contribution >= 4 is 16.7 Å². The number of ether oxygens (including phenoxy) is 2. The minimum Gasteiger partial charge on any atom is -0.507 e. The molecule has 2 rings (SSSR count). The minimum atomic E-state index is -0.336. The highest BCUT2D eigenvalue weighted by Gasteiger charge is 2.16. The van der Waals surface area contributed by atoms with Gasteiger partial charge in [0.15, 0.2) is 11.5 Å². The fourth-order valence-electron chi connectivity index (χ4n) is 1.86. The van der Waals surface area contributed by atoms with E-state index in [0.717, 1.165) is 0 Å². The summed E-state index contributed by atoms with van der Waals surface area (Å²) in [5.41, 5.74) is 0. The number of benzene rings is 2. The minimum absolute atomic E-state index is 0.107. The normalized spacial score (nSPS) is 10.4. The van der Waals surface area contributed by atoms with Crippen LogP contribution in [0.2, 0.25) is 0 Å². The van der Waals surface area contributed by atoms with Gasteiger partial charge in [0.2, 0.25) is 0 Å². The first-order chi connectivity index (χ1) is 9.17. The van der Waals surface area contributed by atoms with Crippen molar-refractivity contribution in [3.8, 4) is 17.2 Å². The molecule has 0 fully saturated rings. The van der Waals surface area contributed by atoms with E-state index < -0.39 is 0 Å². The SMILES string of the molecule is CCOc1cc(O)c2ccccc2c1OC(=O)CC. The standard InChI is InChI=1S/C15H16O4/c1-3-14(17)19-15-11-8-6-5-7-10(11)12(16)9-13(15)18-4-2/h5-9,16H,3-4H2,1-2H3. The van der Waals surface area contributed by atoms with Crippen LogP contribution in [0.3, 0.4) is 0 Å². The second-order valence-electron chi connectivity index (χ2n) is 4.03. The molecule has 0 amide bonds. The summed E-state index contributed by atoms with van der Waals surface area (Å²) in [5.74, 6) is 0.509. The Morgan fingerprint density at radius 3 is 2.53 bits per heavy atom. The Labute approximate surface area is 111 Å². The van der Waals surface area contributed by atoms with Crippen molar-refractivity contribution in [2.45, 2.75) is 20.3 Å². The summed E-state index contributed by atoms with van der Waals surface area (Å²) in [6.07, 6.45) is 0.279. The molecule has 0 aliphatic carbocycles. The van der Waals surface area contributed by atoms with Crippen molar-refractivity contribution in [1.82, 2.24) is 0 Å². The Kier molecular flexibility index (Phi) is 3.90. The van der Waals surface area contributed by atoms with Crippen LogP contribution in [0.5, 0.6) is 17.2 Å². The molecule has 4 heteroatoms. The van der Waals surface area contributed by atoms with E-state index in [9.17, 15) is 9.90 Å². The molecule has 0 saturated heterocycles. The summed E-state index contributed by atoms with van der Waals surface area (Å²) in [5, 5.41) is 11.3. The van der Waals surface area contributed by atoms with Gasteiger partial charge in [0.1, 0.15) is 5.75 Å².